The maximum Gasteiger partial charge on any atom is 0.277 e. The lowest BCUT2D eigenvalue weighted by atomic mass is 10.1. The summed E-state index contributed by atoms with van der Waals surface area (Å²) in [5.74, 6) is 0.272. The van der Waals surface area contributed by atoms with Gasteiger partial charge in [0, 0.05) is 12.6 Å². The second-order valence-electron chi connectivity index (χ2n) is 8.86. The molecular weight excluding hydrogens is 375 g/mol. The average Bonchev–Trinajstić information content (AvgIpc) is 2.62. The van der Waals surface area contributed by atoms with Gasteiger partial charge in [0.25, 0.3) is 5.91 Å². The predicted molar refractivity (Wildman–Crippen MR) is 108 cm³/mol. The van der Waals surface area contributed by atoms with Crippen LogP contribution in [0.1, 0.15) is 26.3 Å². The minimum Gasteiger partial charge on any atom is -0.496 e. The number of piperazine rings is 1. The summed E-state index contributed by atoms with van der Waals surface area (Å²) in [6.45, 7) is 10.4. The van der Waals surface area contributed by atoms with Crippen LogP contribution in [0.2, 0.25) is 0 Å². The molecule has 1 aromatic rings. The third kappa shape index (κ3) is 7.62. The standard InChI is InChI=1S/C21H33FN4O3/c1-21(2,3)23-19(27)14-24(4)20(28)15-26-10-8-25(9-11-26)13-16-12-17(22)6-7-18(16)29-5/h6-7,12H,8-11,13-15H2,1-5H3,(H,23,27)/p+2. The Kier molecular flexibility index (Phi) is 7.98. The second kappa shape index (κ2) is 10.0. The lowest BCUT2D eigenvalue weighted by Crippen LogP contribution is -3.28. The van der Waals surface area contributed by atoms with Gasteiger partial charge in [-0.15, -0.1) is 0 Å². The van der Waals surface area contributed by atoms with E-state index in [2.05, 4.69) is 5.32 Å². The molecule has 0 saturated carbocycles. The molecule has 1 aliphatic heterocycles. The lowest BCUT2D eigenvalue weighted by Gasteiger charge is -2.30. The zero-order valence-electron chi connectivity index (χ0n) is 18.2. The van der Waals surface area contributed by atoms with Gasteiger partial charge in [-0.2, -0.15) is 0 Å². The normalized spacial score (nSPS) is 19.5. The Labute approximate surface area is 172 Å². The van der Waals surface area contributed by atoms with E-state index in [1.807, 2.05) is 20.8 Å². The van der Waals surface area contributed by atoms with Gasteiger partial charge in [-0.25, -0.2) is 4.39 Å². The van der Waals surface area contributed by atoms with Crippen molar-refractivity contribution in [3.05, 3.63) is 29.6 Å². The summed E-state index contributed by atoms with van der Waals surface area (Å²) in [4.78, 5) is 28.5. The number of hydrogen-bond acceptors (Lipinski definition) is 3. The lowest BCUT2D eigenvalue weighted by molar-refractivity contribution is -1.02. The monoisotopic (exact) mass is 410 g/mol. The molecule has 29 heavy (non-hydrogen) atoms. The highest BCUT2D eigenvalue weighted by Gasteiger charge is 2.27. The highest BCUT2D eigenvalue weighted by Crippen LogP contribution is 2.18. The molecule has 162 valence electrons. The summed E-state index contributed by atoms with van der Waals surface area (Å²) in [7, 11) is 3.26. The summed E-state index contributed by atoms with van der Waals surface area (Å²) in [5, 5.41) is 2.87. The van der Waals surface area contributed by atoms with E-state index in [4.69, 9.17) is 4.74 Å². The van der Waals surface area contributed by atoms with Gasteiger partial charge in [0.1, 0.15) is 44.3 Å². The van der Waals surface area contributed by atoms with Crippen LogP contribution in [-0.4, -0.2) is 75.7 Å². The number of likely N-dealkylation sites (N-methyl/N-ethyl adjacent to an activating group) is 1. The maximum atomic E-state index is 13.6. The Hall–Kier alpha value is -2.19. The zero-order chi connectivity index (χ0) is 21.6. The fraction of sp³-hybridized carbons (Fsp3) is 0.619. The van der Waals surface area contributed by atoms with Crippen LogP contribution in [-0.2, 0) is 16.1 Å². The van der Waals surface area contributed by atoms with E-state index < -0.39 is 0 Å². The van der Waals surface area contributed by atoms with Gasteiger partial charge in [-0.05, 0) is 39.0 Å². The molecule has 7 nitrogen and oxygen atoms in total. The van der Waals surface area contributed by atoms with Crippen molar-refractivity contribution in [3.63, 3.8) is 0 Å². The third-order valence-electron chi connectivity index (χ3n) is 5.07. The quantitative estimate of drug-likeness (QED) is 0.512. The molecule has 0 bridgehead atoms. The van der Waals surface area contributed by atoms with Crippen LogP contribution in [0.4, 0.5) is 4.39 Å². The first-order chi connectivity index (χ1) is 13.6. The number of nitrogens with zero attached hydrogens (tertiary/aromatic N) is 1. The molecule has 2 amide bonds. The maximum absolute atomic E-state index is 13.6. The minimum absolute atomic E-state index is 0.0284. The van der Waals surface area contributed by atoms with Crippen molar-refractivity contribution in [3.8, 4) is 5.75 Å². The van der Waals surface area contributed by atoms with Crippen molar-refractivity contribution in [1.29, 1.82) is 0 Å². The molecule has 0 unspecified atom stereocenters. The molecule has 0 radical (unpaired) electrons. The van der Waals surface area contributed by atoms with Crippen LogP contribution in [0, 0.1) is 5.82 Å². The molecule has 1 fully saturated rings. The molecule has 0 atom stereocenters. The van der Waals surface area contributed by atoms with E-state index in [0.29, 0.717) is 18.8 Å². The first-order valence-corrected chi connectivity index (χ1v) is 10.1. The van der Waals surface area contributed by atoms with Crippen LogP contribution in [0.25, 0.3) is 0 Å². The molecule has 2 rings (SSSR count). The number of amides is 2. The highest BCUT2D eigenvalue weighted by molar-refractivity contribution is 5.85. The van der Waals surface area contributed by atoms with Gasteiger partial charge in [-0.3, -0.25) is 9.59 Å². The summed E-state index contributed by atoms with van der Waals surface area (Å²) in [5.41, 5.74) is 0.557. The smallest absolute Gasteiger partial charge is 0.277 e. The van der Waals surface area contributed by atoms with Crippen LogP contribution in [0.15, 0.2) is 18.2 Å². The summed E-state index contributed by atoms with van der Waals surface area (Å²) in [6.07, 6.45) is 0. The third-order valence-corrected chi connectivity index (χ3v) is 5.07. The van der Waals surface area contributed by atoms with E-state index in [0.717, 1.165) is 31.7 Å². The van der Waals surface area contributed by atoms with Gasteiger partial charge in [-0.1, -0.05) is 0 Å². The molecule has 8 heteroatoms. The molecule has 1 aromatic carbocycles. The number of rotatable bonds is 7. The van der Waals surface area contributed by atoms with E-state index >= 15 is 0 Å². The Bertz CT molecular complexity index is 712. The number of carbonyl (C=O) groups excluding carboxylic acids is 2. The van der Waals surface area contributed by atoms with E-state index in [1.165, 1.54) is 26.8 Å². The molecule has 0 spiro atoms. The Balaban J connectivity index is 1.78. The number of carbonyl (C=O) groups is 2. The number of ether oxygens (including phenoxy) is 1. The predicted octanol–water partition coefficient (Wildman–Crippen LogP) is -1.51. The van der Waals surface area contributed by atoms with Gasteiger partial charge in [0.2, 0.25) is 5.91 Å². The molecule has 1 aliphatic rings. The Morgan fingerprint density at radius 2 is 1.79 bits per heavy atom. The van der Waals surface area contributed by atoms with Crippen molar-refractivity contribution < 1.29 is 28.5 Å². The topological polar surface area (TPSA) is 67.5 Å². The summed E-state index contributed by atoms with van der Waals surface area (Å²) < 4.78 is 18.9. The van der Waals surface area contributed by atoms with Crippen LogP contribution in [0.3, 0.4) is 0 Å². The first kappa shape index (κ1) is 23.1. The summed E-state index contributed by atoms with van der Waals surface area (Å²) >= 11 is 0. The van der Waals surface area contributed by atoms with E-state index in [1.54, 1.807) is 20.2 Å². The molecule has 1 saturated heterocycles. The van der Waals surface area contributed by atoms with Crippen LogP contribution in [0.5, 0.6) is 5.75 Å². The molecule has 0 aliphatic carbocycles. The SMILES string of the molecule is COc1ccc(F)cc1C[NH+]1CC[NH+](CC(=O)N(C)CC(=O)NC(C)(C)C)CC1. The van der Waals surface area contributed by atoms with Crippen molar-refractivity contribution in [2.24, 2.45) is 0 Å². The second-order valence-corrected chi connectivity index (χ2v) is 8.86. The number of nitrogens with one attached hydrogen (secondary N) is 3. The number of halogens is 1. The highest BCUT2D eigenvalue weighted by atomic mass is 19.1. The van der Waals surface area contributed by atoms with Crippen LogP contribution >= 0.6 is 0 Å². The molecule has 0 aromatic heterocycles. The van der Waals surface area contributed by atoms with Crippen molar-refractivity contribution in [2.45, 2.75) is 32.9 Å². The van der Waals surface area contributed by atoms with Gasteiger partial charge >= 0.3 is 0 Å². The number of hydrogen-bond donors (Lipinski definition) is 3. The zero-order valence-corrected chi connectivity index (χ0v) is 18.2. The van der Waals surface area contributed by atoms with E-state index in [-0.39, 0.29) is 29.7 Å². The van der Waals surface area contributed by atoms with Crippen molar-refractivity contribution >= 4 is 11.8 Å². The van der Waals surface area contributed by atoms with Crippen molar-refractivity contribution in [2.75, 3.05) is 53.4 Å². The van der Waals surface area contributed by atoms with Crippen LogP contribution < -0.4 is 19.9 Å². The number of benzene rings is 1. The Morgan fingerprint density at radius 1 is 1.17 bits per heavy atom. The molecule has 1 heterocycles. The van der Waals surface area contributed by atoms with Gasteiger partial charge in [0.15, 0.2) is 6.54 Å². The average molecular weight is 411 g/mol. The fourth-order valence-corrected chi connectivity index (χ4v) is 3.58. The Morgan fingerprint density at radius 3 is 2.38 bits per heavy atom. The summed E-state index contributed by atoms with van der Waals surface area (Å²) in [6, 6.07) is 4.60. The fourth-order valence-electron chi connectivity index (χ4n) is 3.58. The largest absolute Gasteiger partial charge is 0.496 e. The number of methoxy groups -OCH3 is 1. The number of quaternary nitrogens is 2. The molecular formula is C21H35FN4O3+2. The minimum atomic E-state index is -0.310. The molecule has 3 N–H and O–H groups in total. The first-order valence-electron chi connectivity index (χ1n) is 10.1. The van der Waals surface area contributed by atoms with Gasteiger partial charge in [0.05, 0.1) is 19.2 Å². The van der Waals surface area contributed by atoms with Gasteiger partial charge < -0.3 is 24.8 Å². The van der Waals surface area contributed by atoms with Crippen molar-refractivity contribution in [1.82, 2.24) is 10.2 Å². The van der Waals surface area contributed by atoms with E-state index in [9.17, 15) is 14.0 Å².